The Kier molecular flexibility index (Phi) is 4.97. The lowest BCUT2D eigenvalue weighted by Crippen LogP contribution is -2.46. The fraction of sp³-hybridized carbons (Fsp3) is 0.714. The predicted octanol–water partition coefficient (Wildman–Crippen LogP) is 2.41. The van der Waals surface area contributed by atoms with Gasteiger partial charge in [0.15, 0.2) is 0 Å². The van der Waals surface area contributed by atoms with Crippen molar-refractivity contribution in [1.29, 1.82) is 0 Å². The summed E-state index contributed by atoms with van der Waals surface area (Å²) in [5.74, 6) is -0.647. The number of hydrogen-bond donors (Lipinski definition) is 1. The zero-order chi connectivity index (χ0) is 14.6. The van der Waals surface area contributed by atoms with Crippen LogP contribution in [0.5, 0.6) is 0 Å². The topological polar surface area (TPSA) is 64.6 Å². The molecule has 19 heavy (non-hydrogen) atoms. The van der Waals surface area contributed by atoms with Crippen LogP contribution in [-0.4, -0.2) is 30.8 Å². The number of amides is 1. The zero-order valence-corrected chi connectivity index (χ0v) is 12.3. The van der Waals surface area contributed by atoms with E-state index in [1.54, 1.807) is 20.8 Å². The Morgan fingerprint density at radius 3 is 2.53 bits per heavy atom. The highest BCUT2D eigenvalue weighted by atomic mass is 16.6. The van der Waals surface area contributed by atoms with Crippen LogP contribution in [0.2, 0.25) is 0 Å². The fourth-order valence-electron chi connectivity index (χ4n) is 2.07. The summed E-state index contributed by atoms with van der Waals surface area (Å²) in [5, 5.41) is 2.73. The van der Waals surface area contributed by atoms with Crippen molar-refractivity contribution in [3.05, 3.63) is 11.6 Å². The molecule has 0 aliphatic heterocycles. The van der Waals surface area contributed by atoms with Crippen molar-refractivity contribution >= 4 is 12.1 Å². The summed E-state index contributed by atoms with van der Waals surface area (Å²) in [5.41, 5.74) is 0.597. The van der Waals surface area contributed by atoms with E-state index in [-0.39, 0.29) is 17.9 Å². The second kappa shape index (κ2) is 6.08. The third kappa shape index (κ3) is 4.93. The molecule has 0 bridgehead atoms. The summed E-state index contributed by atoms with van der Waals surface area (Å²) in [6.07, 6.45) is 2.90. The van der Waals surface area contributed by atoms with Gasteiger partial charge >= 0.3 is 12.1 Å². The molecule has 1 rings (SSSR count). The number of methoxy groups -OCH3 is 1. The van der Waals surface area contributed by atoms with E-state index in [0.29, 0.717) is 6.42 Å². The highest BCUT2D eigenvalue weighted by molar-refractivity contribution is 5.76. The van der Waals surface area contributed by atoms with Crippen molar-refractivity contribution in [3.63, 3.8) is 0 Å². The van der Waals surface area contributed by atoms with Crippen LogP contribution < -0.4 is 5.32 Å². The van der Waals surface area contributed by atoms with Crippen molar-refractivity contribution in [3.8, 4) is 0 Å². The lowest BCUT2D eigenvalue weighted by atomic mass is 9.86. The third-order valence-corrected chi connectivity index (χ3v) is 2.93. The van der Waals surface area contributed by atoms with Gasteiger partial charge in [-0.1, -0.05) is 11.6 Å². The van der Waals surface area contributed by atoms with Gasteiger partial charge in [0.2, 0.25) is 0 Å². The normalized spacial score (nSPS) is 23.3. The van der Waals surface area contributed by atoms with Crippen molar-refractivity contribution in [1.82, 2.24) is 5.32 Å². The van der Waals surface area contributed by atoms with Crippen molar-refractivity contribution in [2.24, 2.45) is 5.92 Å². The summed E-state index contributed by atoms with van der Waals surface area (Å²) in [4.78, 5) is 23.5. The number of allylic oxidation sites excluding steroid dienone is 1. The SMILES string of the molecule is COC(=O)C1CCC(C)=CC1NC(=O)OC(C)(C)C. The van der Waals surface area contributed by atoms with E-state index in [1.165, 1.54) is 7.11 Å². The van der Waals surface area contributed by atoms with E-state index < -0.39 is 11.7 Å². The van der Waals surface area contributed by atoms with Gasteiger partial charge in [0.05, 0.1) is 19.1 Å². The predicted molar refractivity (Wildman–Crippen MR) is 71.7 cm³/mol. The van der Waals surface area contributed by atoms with Crippen molar-refractivity contribution < 1.29 is 19.1 Å². The molecular formula is C14H23NO4. The van der Waals surface area contributed by atoms with Crippen LogP contribution in [0.1, 0.15) is 40.5 Å². The van der Waals surface area contributed by atoms with Crippen LogP contribution in [0.15, 0.2) is 11.6 Å². The maximum absolute atomic E-state index is 11.8. The lowest BCUT2D eigenvalue weighted by Gasteiger charge is -2.29. The number of hydrogen-bond acceptors (Lipinski definition) is 4. The van der Waals surface area contributed by atoms with Gasteiger partial charge in [0.25, 0.3) is 0 Å². The first-order valence-corrected chi connectivity index (χ1v) is 6.47. The van der Waals surface area contributed by atoms with Gasteiger partial charge in [0.1, 0.15) is 5.60 Å². The van der Waals surface area contributed by atoms with Crippen molar-refractivity contribution in [2.45, 2.75) is 52.2 Å². The highest BCUT2D eigenvalue weighted by Gasteiger charge is 2.32. The molecule has 5 heteroatoms. The molecule has 0 spiro atoms. The molecule has 0 aromatic heterocycles. The van der Waals surface area contributed by atoms with Crippen LogP contribution in [0.25, 0.3) is 0 Å². The Morgan fingerprint density at radius 2 is 2.00 bits per heavy atom. The van der Waals surface area contributed by atoms with Gasteiger partial charge < -0.3 is 14.8 Å². The molecule has 1 aliphatic carbocycles. The molecule has 0 aromatic carbocycles. The maximum Gasteiger partial charge on any atom is 0.408 e. The minimum absolute atomic E-state index is 0.301. The van der Waals surface area contributed by atoms with Gasteiger partial charge in [0, 0.05) is 0 Å². The second-order valence-corrected chi connectivity index (χ2v) is 5.85. The lowest BCUT2D eigenvalue weighted by molar-refractivity contribution is -0.146. The Labute approximate surface area is 114 Å². The van der Waals surface area contributed by atoms with Gasteiger partial charge in [-0.25, -0.2) is 4.79 Å². The molecule has 2 unspecified atom stereocenters. The molecule has 5 nitrogen and oxygen atoms in total. The van der Waals surface area contributed by atoms with Gasteiger partial charge in [-0.3, -0.25) is 4.79 Å². The number of rotatable bonds is 2. The summed E-state index contributed by atoms with van der Waals surface area (Å²) in [6, 6.07) is -0.365. The Hall–Kier alpha value is -1.52. The van der Waals surface area contributed by atoms with E-state index in [1.807, 2.05) is 13.0 Å². The first-order valence-electron chi connectivity index (χ1n) is 6.47. The van der Waals surface area contributed by atoms with Crippen molar-refractivity contribution in [2.75, 3.05) is 7.11 Å². The largest absolute Gasteiger partial charge is 0.469 e. The third-order valence-electron chi connectivity index (χ3n) is 2.93. The summed E-state index contributed by atoms with van der Waals surface area (Å²) in [6.45, 7) is 7.38. The minimum Gasteiger partial charge on any atom is -0.469 e. The quantitative estimate of drug-likeness (QED) is 0.617. The Bertz CT molecular complexity index is 381. The van der Waals surface area contributed by atoms with E-state index in [4.69, 9.17) is 9.47 Å². The zero-order valence-electron chi connectivity index (χ0n) is 12.3. The van der Waals surface area contributed by atoms with Gasteiger partial charge in [-0.2, -0.15) is 0 Å². The van der Waals surface area contributed by atoms with Crippen LogP contribution in [0.4, 0.5) is 4.79 Å². The van der Waals surface area contributed by atoms with Crippen LogP contribution in [0, 0.1) is 5.92 Å². The molecule has 0 fully saturated rings. The van der Waals surface area contributed by atoms with Gasteiger partial charge in [-0.05, 0) is 40.5 Å². The number of carbonyl (C=O) groups is 2. The molecule has 0 heterocycles. The van der Waals surface area contributed by atoms with Crippen LogP contribution in [0.3, 0.4) is 0 Å². The average molecular weight is 269 g/mol. The summed E-state index contributed by atoms with van der Waals surface area (Å²) < 4.78 is 9.98. The summed E-state index contributed by atoms with van der Waals surface area (Å²) in [7, 11) is 1.36. The smallest absolute Gasteiger partial charge is 0.408 e. The van der Waals surface area contributed by atoms with E-state index >= 15 is 0 Å². The molecule has 1 aliphatic rings. The summed E-state index contributed by atoms with van der Waals surface area (Å²) >= 11 is 0. The Balaban J connectivity index is 2.73. The number of ether oxygens (including phenoxy) is 2. The maximum atomic E-state index is 11.8. The molecule has 0 radical (unpaired) electrons. The first-order chi connectivity index (χ1) is 8.73. The molecular weight excluding hydrogens is 246 g/mol. The minimum atomic E-state index is -0.557. The molecule has 0 saturated carbocycles. The average Bonchev–Trinajstić information content (AvgIpc) is 2.25. The first kappa shape index (κ1) is 15.5. The molecule has 2 atom stereocenters. The Morgan fingerprint density at radius 1 is 1.37 bits per heavy atom. The molecule has 0 saturated heterocycles. The number of nitrogens with one attached hydrogen (secondary N) is 1. The molecule has 108 valence electrons. The second-order valence-electron chi connectivity index (χ2n) is 5.85. The molecule has 1 amide bonds. The molecule has 1 N–H and O–H groups in total. The molecule has 0 aromatic rings. The van der Waals surface area contributed by atoms with Crippen LogP contribution >= 0.6 is 0 Å². The van der Waals surface area contributed by atoms with E-state index in [2.05, 4.69) is 5.32 Å². The van der Waals surface area contributed by atoms with Gasteiger partial charge in [-0.15, -0.1) is 0 Å². The highest BCUT2D eigenvalue weighted by Crippen LogP contribution is 2.25. The monoisotopic (exact) mass is 269 g/mol. The number of carbonyl (C=O) groups excluding carboxylic acids is 2. The van der Waals surface area contributed by atoms with Crippen LogP contribution in [-0.2, 0) is 14.3 Å². The van der Waals surface area contributed by atoms with E-state index in [9.17, 15) is 9.59 Å². The van der Waals surface area contributed by atoms with E-state index in [0.717, 1.165) is 12.0 Å². The number of esters is 1. The number of alkyl carbamates (subject to hydrolysis) is 1. The standard InChI is InChI=1S/C14H23NO4/c1-9-6-7-10(12(16)18-5)11(8-9)15-13(17)19-14(2,3)4/h8,10-11H,6-7H2,1-5H3,(H,15,17). The fourth-order valence-corrected chi connectivity index (χ4v) is 2.07.